The number of fused-ring (bicyclic) bond motifs is 1. The number of allylic oxidation sites excluding steroid dienone is 2. The number of hydrogen-bond donors (Lipinski definition) is 2. The number of aliphatic carboxylic acids is 1. The minimum absolute atomic E-state index is 0.189. The van der Waals surface area contributed by atoms with Crippen molar-refractivity contribution in [2.45, 2.75) is 26.2 Å². The van der Waals surface area contributed by atoms with E-state index in [1.54, 1.807) is 0 Å². The van der Waals surface area contributed by atoms with E-state index in [0.29, 0.717) is 25.8 Å². The molecule has 24 heavy (non-hydrogen) atoms. The third kappa shape index (κ3) is 3.48. The molecule has 1 aliphatic rings. The molecule has 0 unspecified atom stereocenters. The molecule has 0 aromatic carbocycles. The third-order valence-electron chi connectivity index (χ3n) is 4.43. The molecular weight excluding hydrogens is 306 g/mol. The van der Waals surface area contributed by atoms with Crippen LogP contribution in [0.5, 0.6) is 0 Å². The molecule has 2 aromatic rings. The predicted octanol–water partition coefficient (Wildman–Crippen LogP) is 1.97. The van der Waals surface area contributed by atoms with Gasteiger partial charge >= 0.3 is 5.97 Å². The zero-order valence-electron chi connectivity index (χ0n) is 13.6. The number of nitrogens with zero attached hydrogens (tertiary/aromatic N) is 2. The van der Waals surface area contributed by atoms with Crippen LogP contribution < -0.4 is 5.32 Å². The quantitative estimate of drug-likeness (QED) is 0.823. The van der Waals surface area contributed by atoms with Crippen molar-refractivity contribution >= 4 is 17.5 Å². The highest BCUT2D eigenvalue weighted by atomic mass is 16.4. The number of carbonyl (C=O) groups is 2. The lowest BCUT2D eigenvalue weighted by Crippen LogP contribution is -2.39. The number of pyridine rings is 1. The number of carbonyl (C=O) groups excluding carboxylic acids is 1. The highest BCUT2D eigenvalue weighted by Crippen LogP contribution is 2.25. The molecule has 0 aliphatic heterocycles. The number of nitrogens with one attached hydrogen (secondary N) is 1. The van der Waals surface area contributed by atoms with E-state index in [9.17, 15) is 14.7 Å². The smallest absolute Gasteiger partial charge is 0.307 e. The van der Waals surface area contributed by atoms with Gasteiger partial charge in [0.2, 0.25) is 5.91 Å². The van der Waals surface area contributed by atoms with E-state index in [4.69, 9.17) is 0 Å². The Kier molecular flexibility index (Phi) is 4.64. The summed E-state index contributed by atoms with van der Waals surface area (Å²) in [6.07, 6.45) is 9.15. The highest BCUT2D eigenvalue weighted by molar-refractivity contribution is 5.85. The van der Waals surface area contributed by atoms with Gasteiger partial charge in [-0.05, 0) is 37.5 Å². The Morgan fingerprint density at radius 1 is 1.33 bits per heavy atom. The third-order valence-corrected chi connectivity index (χ3v) is 4.43. The molecular formula is C18H21N3O3. The van der Waals surface area contributed by atoms with Crippen LogP contribution in [-0.2, 0) is 16.0 Å². The highest BCUT2D eigenvalue weighted by Gasteiger charge is 2.33. The van der Waals surface area contributed by atoms with Crippen molar-refractivity contribution in [1.29, 1.82) is 0 Å². The van der Waals surface area contributed by atoms with Crippen molar-refractivity contribution in [2.75, 3.05) is 6.54 Å². The Balaban J connectivity index is 1.57. The molecule has 1 aliphatic carbocycles. The molecule has 2 heterocycles. The maximum absolute atomic E-state index is 12.3. The Morgan fingerprint density at radius 3 is 2.83 bits per heavy atom. The molecule has 6 nitrogen and oxygen atoms in total. The van der Waals surface area contributed by atoms with Gasteiger partial charge in [-0.25, -0.2) is 4.98 Å². The predicted molar refractivity (Wildman–Crippen MR) is 89.6 cm³/mol. The van der Waals surface area contributed by atoms with E-state index in [1.165, 1.54) is 0 Å². The Bertz CT molecular complexity index is 794. The van der Waals surface area contributed by atoms with Crippen molar-refractivity contribution < 1.29 is 14.7 Å². The number of amides is 1. The van der Waals surface area contributed by atoms with Crippen LogP contribution in [0, 0.1) is 18.8 Å². The van der Waals surface area contributed by atoms with Gasteiger partial charge in [0.25, 0.3) is 0 Å². The molecule has 0 spiro atoms. The van der Waals surface area contributed by atoms with Crippen LogP contribution in [0.4, 0.5) is 0 Å². The van der Waals surface area contributed by atoms with E-state index < -0.39 is 17.8 Å². The van der Waals surface area contributed by atoms with Gasteiger partial charge in [-0.15, -0.1) is 0 Å². The second-order valence-corrected chi connectivity index (χ2v) is 6.24. The summed E-state index contributed by atoms with van der Waals surface area (Å²) in [5.41, 5.74) is 2.94. The Morgan fingerprint density at radius 2 is 2.08 bits per heavy atom. The summed E-state index contributed by atoms with van der Waals surface area (Å²) in [5, 5.41) is 12.1. The van der Waals surface area contributed by atoms with Gasteiger partial charge in [-0.1, -0.05) is 12.2 Å². The SMILES string of the molecule is Cc1ccn2cc(CCNC(=O)[C@@H]3CC=CC[C@@H]3C(=O)O)nc2c1. The molecule has 1 amide bonds. The number of aryl methyl sites for hydroxylation is 1. The second kappa shape index (κ2) is 6.86. The van der Waals surface area contributed by atoms with Crippen LogP contribution in [0.1, 0.15) is 24.1 Å². The lowest BCUT2D eigenvalue weighted by molar-refractivity contribution is -0.147. The molecule has 0 radical (unpaired) electrons. The molecule has 0 bridgehead atoms. The summed E-state index contributed by atoms with van der Waals surface area (Å²) in [7, 11) is 0. The molecule has 126 valence electrons. The van der Waals surface area contributed by atoms with E-state index >= 15 is 0 Å². The molecule has 2 N–H and O–H groups in total. The standard InChI is InChI=1S/C18H21N3O3/c1-12-7-9-21-11-13(20-16(21)10-12)6-8-19-17(22)14-4-2-3-5-15(14)18(23)24/h2-3,7,9-11,14-15H,4-6,8H2,1H3,(H,19,22)(H,23,24)/t14-,15+/m1/s1. The molecule has 0 saturated heterocycles. The number of carboxylic acid groups (broad SMARTS) is 1. The zero-order valence-corrected chi connectivity index (χ0v) is 13.6. The summed E-state index contributed by atoms with van der Waals surface area (Å²) in [6.45, 7) is 2.47. The largest absolute Gasteiger partial charge is 0.481 e. The molecule has 0 saturated carbocycles. The van der Waals surface area contributed by atoms with E-state index in [2.05, 4.69) is 10.3 Å². The summed E-state index contributed by atoms with van der Waals surface area (Å²) in [4.78, 5) is 28.1. The van der Waals surface area contributed by atoms with Gasteiger partial charge < -0.3 is 14.8 Å². The number of carboxylic acids is 1. The Labute approximate surface area is 140 Å². The molecule has 2 aromatic heterocycles. The minimum atomic E-state index is -0.907. The van der Waals surface area contributed by atoms with Crippen molar-refractivity contribution in [3.63, 3.8) is 0 Å². The van der Waals surface area contributed by atoms with Gasteiger partial charge in [-0.2, -0.15) is 0 Å². The first-order valence-electron chi connectivity index (χ1n) is 8.14. The second-order valence-electron chi connectivity index (χ2n) is 6.24. The van der Waals surface area contributed by atoms with Gasteiger partial charge in [0.1, 0.15) is 5.65 Å². The maximum atomic E-state index is 12.3. The van der Waals surface area contributed by atoms with Crippen LogP contribution >= 0.6 is 0 Å². The van der Waals surface area contributed by atoms with E-state index in [1.807, 2.05) is 48.0 Å². The summed E-state index contributed by atoms with van der Waals surface area (Å²) >= 11 is 0. The van der Waals surface area contributed by atoms with E-state index in [0.717, 1.165) is 16.9 Å². The first-order valence-corrected chi connectivity index (χ1v) is 8.14. The van der Waals surface area contributed by atoms with Crippen molar-refractivity contribution in [2.24, 2.45) is 11.8 Å². The van der Waals surface area contributed by atoms with E-state index in [-0.39, 0.29) is 5.91 Å². The molecule has 2 atom stereocenters. The fraction of sp³-hybridized carbons (Fsp3) is 0.389. The van der Waals surface area contributed by atoms with Gasteiger partial charge in [0.15, 0.2) is 0 Å². The van der Waals surface area contributed by atoms with Crippen molar-refractivity contribution in [3.05, 3.63) is 47.9 Å². The Hall–Kier alpha value is -2.63. The summed E-state index contributed by atoms with van der Waals surface area (Å²) < 4.78 is 1.95. The van der Waals surface area contributed by atoms with Crippen LogP contribution in [0.3, 0.4) is 0 Å². The van der Waals surface area contributed by atoms with Gasteiger partial charge in [0.05, 0.1) is 17.5 Å². The van der Waals surface area contributed by atoms with Crippen LogP contribution in [0.2, 0.25) is 0 Å². The van der Waals surface area contributed by atoms with Crippen LogP contribution in [0.25, 0.3) is 5.65 Å². The number of aromatic nitrogens is 2. The maximum Gasteiger partial charge on any atom is 0.307 e. The molecule has 6 heteroatoms. The lowest BCUT2D eigenvalue weighted by Gasteiger charge is -2.24. The van der Waals surface area contributed by atoms with Crippen molar-refractivity contribution in [3.8, 4) is 0 Å². The first kappa shape index (κ1) is 16.2. The summed E-state index contributed by atoms with van der Waals surface area (Å²) in [6, 6.07) is 4.02. The van der Waals surface area contributed by atoms with Crippen LogP contribution in [0.15, 0.2) is 36.7 Å². The first-order chi connectivity index (χ1) is 11.5. The zero-order chi connectivity index (χ0) is 17.1. The minimum Gasteiger partial charge on any atom is -0.481 e. The average molecular weight is 327 g/mol. The normalized spacial score (nSPS) is 20.2. The summed E-state index contributed by atoms with van der Waals surface area (Å²) in [5.74, 6) is -2.22. The number of hydrogen-bond acceptors (Lipinski definition) is 3. The van der Waals surface area contributed by atoms with Crippen molar-refractivity contribution in [1.82, 2.24) is 14.7 Å². The van der Waals surface area contributed by atoms with Gasteiger partial charge in [0, 0.05) is 25.4 Å². The fourth-order valence-electron chi connectivity index (χ4n) is 3.08. The van der Waals surface area contributed by atoms with Gasteiger partial charge in [-0.3, -0.25) is 9.59 Å². The number of imidazole rings is 1. The fourth-order valence-corrected chi connectivity index (χ4v) is 3.08. The molecule has 0 fully saturated rings. The monoisotopic (exact) mass is 327 g/mol. The topological polar surface area (TPSA) is 83.7 Å². The number of rotatable bonds is 5. The average Bonchev–Trinajstić information content (AvgIpc) is 2.96. The van der Waals surface area contributed by atoms with Crippen LogP contribution in [-0.4, -0.2) is 32.9 Å². The lowest BCUT2D eigenvalue weighted by atomic mass is 9.82. The molecule has 3 rings (SSSR count).